The average molecular weight is 919 g/mol. The van der Waals surface area contributed by atoms with Crippen molar-refractivity contribution < 1.29 is 24.5 Å². The Morgan fingerprint density at radius 3 is 1.09 bits per heavy atom. The fourth-order valence-corrected chi connectivity index (χ4v) is 9.37. The van der Waals surface area contributed by atoms with Gasteiger partial charge in [0.15, 0.2) is 0 Å². The van der Waals surface area contributed by atoms with Crippen molar-refractivity contribution in [2.45, 2.75) is 347 Å². The maximum Gasteiger partial charge on any atom is 0.306 e. The van der Waals surface area contributed by atoms with Gasteiger partial charge in [-0.05, 0) is 51.4 Å². The number of hydrogen-bond acceptors (Lipinski definition) is 5. The number of rotatable bonds is 54. The standard InChI is InChI=1S/C59H115NO5/c1-4-7-10-13-16-19-22-24-26-28-29-31-33-35-37-40-43-46-49-52-59(64)65-55(50-47-44-41-38-36-34-32-30-27-25-23-20-17-14-11-8-5-2)53-58(63)60-56(54-61)57(62)51-48-45-42-39-21-18-15-12-9-6-3/h24,26,55-57,61-62H,4-23,25,27-54H2,1-3H3,(H,60,63)/b26-24+. The Morgan fingerprint density at radius 1 is 0.431 bits per heavy atom. The van der Waals surface area contributed by atoms with Crippen LogP contribution >= 0.6 is 0 Å². The van der Waals surface area contributed by atoms with Gasteiger partial charge in [0, 0.05) is 6.42 Å². The monoisotopic (exact) mass is 918 g/mol. The minimum atomic E-state index is -0.782. The molecule has 0 aliphatic carbocycles. The van der Waals surface area contributed by atoms with Gasteiger partial charge in [-0.2, -0.15) is 0 Å². The normalized spacial score (nSPS) is 13.1. The molecule has 0 bridgehead atoms. The largest absolute Gasteiger partial charge is 0.462 e. The first kappa shape index (κ1) is 63.6. The number of nitrogens with one attached hydrogen (secondary N) is 1. The highest BCUT2D eigenvalue weighted by molar-refractivity contribution is 5.77. The van der Waals surface area contributed by atoms with Gasteiger partial charge in [0.25, 0.3) is 0 Å². The van der Waals surface area contributed by atoms with Crippen LogP contribution in [0.15, 0.2) is 12.2 Å². The molecule has 3 N–H and O–H groups in total. The van der Waals surface area contributed by atoms with Crippen molar-refractivity contribution in [3.63, 3.8) is 0 Å². The van der Waals surface area contributed by atoms with Crippen LogP contribution in [0.2, 0.25) is 0 Å². The molecule has 0 saturated carbocycles. The molecule has 0 aliphatic heterocycles. The smallest absolute Gasteiger partial charge is 0.306 e. The molecular formula is C59H115NO5. The van der Waals surface area contributed by atoms with Gasteiger partial charge in [0.05, 0.1) is 25.2 Å². The summed E-state index contributed by atoms with van der Waals surface area (Å²) in [6.45, 7) is 6.51. The van der Waals surface area contributed by atoms with Crippen LogP contribution in [0, 0.1) is 0 Å². The highest BCUT2D eigenvalue weighted by atomic mass is 16.5. The van der Waals surface area contributed by atoms with E-state index in [2.05, 4.69) is 38.2 Å². The fraction of sp³-hybridized carbons (Fsp3) is 0.932. The van der Waals surface area contributed by atoms with Crippen molar-refractivity contribution in [2.75, 3.05) is 6.61 Å². The summed E-state index contributed by atoms with van der Waals surface area (Å²) >= 11 is 0. The lowest BCUT2D eigenvalue weighted by atomic mass is 10.0. The minimum Gasteiger partial charge on any atom is -0.462 e. The molecule has 0 aromatic heterocycles. The summed E-state index contributed by atoms with van der Waals surface area (Å²) in [5.41, 5.74) is 0. The highest BCUT2D eigenvalue weighted by Gasteiger charge is 2.24. The van der Waals surface area contributed by atoms with E-state index < -0.39 is 18.2 Å². The Morgan fingerprint density at radius 2 is 0.738 bits per heavy atom. The van der Waals surface area contributed by atoms with Gasteiger partial charge >= 0.3 is 5.97 Å². The van der Waals surface area contributed by atoms with Crippen LogP contribution in [0.3, 0.4) is 0 Å². The van der Waals surface area contributed by atoms with Crippen LogP contribution in [-0.4, -0.2) is 46.9 Å². The summed E-state index contributed by atoms with van der Waals surface area (Å²) in [6.07, 6.45) is 61.4. The SMILES string of the molecule is CCCCCCCC/C=C/CCCCCCCCCCCC(=O)OC(CCCCCCCCCCCCCCCCCCC)CC(=O)NC(CO)C(O)CCCCCCCCCCCC. The van der Waals surface area contributed by atoms with Gasteiger partial charge in [-0.1, -0.05) is 277 Å². The van der Waals surface area contributed by atoms with Gasteiger partial charge in [-0.3, -0.25) is 9.59 Å². The third-order valence-electron chi connectivity index (χ3n) is 13.8. The van der Waals surface area contributed by atoms with Gasteiger partial charge < -0.3 is 20.3 Å². The number of ether oxygens (including phenoxy) is 1. The summed E-state index contributed by atoms with van der Waals surface area (Å²) in [4.78, 5) is 26.3. The third-order valence-corrected chi connectivity index (χ3v) is 13.8. The van der Waals surface area contributed by atoms with Crippen LogP contribution in [0.5, 0.6) is 0 Å². The predicted octanol–water partition coefficient (Wildman–Crippen LogP) is 18.1. The molecule has 0 spiro atoms. The Labute approximate surface area is 406 Å². The molecule has 386 valence electrons. The number of hydrogen-bond donors (Lipinski definition) is 3. The molecule has 0 aromatic carbocycles. The topological polar surface area (TPSA) is 95.9 Å². The third kappa shape index (κ3) is 48.9. The van der Waals surface area contributed by atoms with Crippen LogP contribution < -0.4 is 5.32 Å². The summed E-state index contributed by atoms with van der Waals surface area (Å²) in [5, 5.41) is 23.8. The summed E-state index contributed by atoms with van der Waals surface area (Å²) in [5.74, 6) is -0.452. The van der Waals surface area contributed by atoms with E-state index in [4.69, 9.17) is 4.74 Å². The number of aliphatic hydroxyl groups is 2. The fourth-order valence-electron chi connectivity index (χ4n) is 9.37. The molecule has 6 nitrogen and oxygen atoms in total. The molecule has 6 heteroatoms. The maximum absolute atomic E-state index is 13.2. The number of allylic oxidation sites excluding steroid dienone is 2. The lowest BCUT2D eigenvalue weighted by Gasteiger charge is -2.24. The van der Waals surface area contributed by atoms with Crippen molar-refractivity contribution in [3.8, 4) is 0 Å². The first-order chi connectivity index (χ1) is 32.0. The molecule has 0 saturated heterocycles. The first-order valence-corrected chi connectivity index (χ1v) is 29.4. The second-order valence-corrected chi connectivity index (χ2v) is 20.4. The molecular weight excluding hydrogens is 803 g/mol. The molecule has 3 atom stereocenters. The molecule has 0 aliphatic rings. The second-order valence-electron chi connectivity index (χ2n) is 20.4. The molecule has 0 aromatic rings. The number of carbonyl (C=O) groups is 2. The number of carbonyl (C=O) groups excluding carboxylic acids is 2. The lowest BCUT2D eigenvalue weighted by molar-refractivity contribution is -0.151. The van der Waals surface area contributed by atoms with E-state index in [0.717, 1.165) is 44.9 Å². The molecule has 3 unspecified atom stereocenters. The summed E-state index contributed by atoms with van der Waals surface area (Å²) in [7, 11) is 0. The van der Waals surface area contributed by atoms with Crippen molar-refractivity contribution in [2.24, 2.45) is 0 Å². The minimum absolute atomic E-state index is 0.0849. The molecule has 0 fully saturated rings. The summed E-state index contributed by atoms with van der Waals surface area (Å²) < 4.78 is 5.97. The van der Waals surface area contributed by atoms with Crippen LogP contribution in [0.4, 0.5) is 0 Å². The van der Waals surface area contributed by atoms with E-state index in [1.807, 2.05) is 0 Å². The number of unbranched alkanes of at least 4 members (excludes halogenated alkanes) is 40. The lowest BCUT2D eigenvalue weighted by Crippen LogP contribution is -2.46. The predicted molar refractivity (Wildman–Crippen MR) is 283 cm³/mol. The Balaban J connectivity index is 4.47. The van der Waals surface area contributed by atoms with E-state index in [-0.39, 0.29) is 24.9 Å². The van der Waals surface area contributed by atoms with Crippen molar-refractivity contribution in [1.29, 1.82) is 0 Å². The number of aliphatic hydroxyl groups excluding tert-OH is 2. The van der Waals surface area contributed by atoms with Crippen molar-refractivity contribution in [3.05, 3.63) is 12.2 Å². The van der Waals surface area contributed by atoms with Crippen molar-refractivity contribution in [1.82, 2.24) is 5.32 Å². The zero-order valence-electron chi connectivity index (χ0n) is 44.2. The second kappa shape index (κ2) is 53.6. The van der Waals surface area contributed by atoms with E-state index in [9.17, 15) is 19.8 Å². The molecule has 0 heterocycles. The Hall–Kier alpha value is -1.40. The maximum atomic E-state index is 13.2. The van der Waals surface area contributed by atoms with E-state index in [1.165, 1.54) is 238 Å². The van der Waals surface area contributed by atoms with Crippen LogP contribution in [-0.2, 0) is 14.3 Å². The van der Waals surface area contributed by atoms with Crippen LogP contribution in [0.1, 0.15) is 329 Å². The molecule has 0 rings (SSSR count). The molecule has 65 heavy (non-hydrogen) atoms. The van der Waals surface area contributed by atoms with Gasteiger partial charge in [-0.25, -0.2) is 0 Å². The zero-order chi connectivity index (χ0) is 47.4. The quantitative estimate of drug-likeness (QED) is 0.0321. The van der Waals surface area contributed by atoms with Gasteiger partial charge in [0.1, 0.15) is 6.10 Å². The average Bonchev–Trinajstić information content (AvgIpc) is 3.30. The van der Waals surface area contributed by atoms with Gasteiger partial charge in [0.2, 0.25) is 5.91 Å². The van der Waals surface area contributed by atoms with Crippen molar-refractivity contribution >= 4 is 11.9 Å². The number of amides is 1. The Bertz CT molecular complexity index is 986. The van der Waals surface area contributed by atoms with E-state index in [1.54, 1.807) is 0 Å². The first-order valence-electron chi connectivity index (χ1n) is 29.4. The van der Waals surface area contributed by atoms with Gasteiger partial charge in [-0.15, -0.1) is 0 Å². The van der Waals surface area contributed by atoms with E-state index in [0.29, 0.717) is 19.3 Å². The van der Waals surface area contributed by atoms with Crippen LogP contribution in [0.25, 0.3) is 0 Å². The molecule has 1 amide bonds. The Kier molecular flexibility index (Phi) is 52.4. The summed E-state index contributed by atoms with van der Waals surface area (Å²) in [6, 6.07) is -0.695. The zero-order valence-corrected chi connectivity index (χ0v) is 44.2. The highest BCUT2D eigenvalue weighted by Crippen LogP contribution is 2.19. The number of esters is 1. The van der Waals surface area contributed by atoms with E-state index >= 15 is 0 Å². The molecule has 0 radical (unpaired) electrons.